The van der Waals surface area contributed by atoms with Crippen LogP contribution in [-0.2, 0) is 13.2 Å². The minimum absolute atomic E-state index is 0.0274. The lowest BCUT2D eigenvalue weighted by Gasteiger charge is -2.14. The van der Waals surface area contributed by atoms with Gasteiger partial charge in [-0.05, 0) is 34.1 Å². The fourth-order valence-electron chi connectivity index (χ4n) is 1.83. The van der Waals surface area contributed by atoms with E-state index in [1.165, 1.54) is 7.05 Å². The molecule has 9 heteroatoms. The van der Waals surface area contributed by atoms with Gasteiger partial charge >= 0.3 is 12.1 Å². The van der Waals surface area contributed by atoms with E-state index in [4.69, 9.17) is 5.11 Å². The van der Waals surface area contributed by atoms with Crippen molar-refractivity contribution in [1.29, 1.82) is 0 Å². The quantitative estimate of drug-likeness (QED) is 0.857. The van der Waals surface area contributed by atoms with E-state index in [0.29, 0.717) is 6.07 Å². The van der Waals surface area contributed by atoms with Gasteiger partial charge in [-0.15, -0.1) is 0 Å². The van der Waals surface area contributed by atoms with Crippen molar-refractivity contribution in [3.05, 3.63) is 33.9 Å². The summed E-state index contributed by atoms with van der Waals surface area (Å²) < 4.78 is 40.3. The van der Waals surface area contributed by atoms with Crippen molar-refractivity contribution in [3.8, 4) is 17.0 Å². The summed E-state index contributed by atoms with van der Waals surface area (Å²) in [6.45, 7) is 0. The average Bonchev–Trinajstić information content (AvgIpc) is 2.73. The predicted octanol–water partition coefficient (Wildman–Crippen LogP) is 3.27. The van der Waals surface area contributed by atoms with E-state index in [1.54, 1.807) is 0 Å². The zero-order chi connectivity index (χ0) is 15.9. The summed E-state index contributed by atoms with van der Waals surface area (Å²) >= 11 is 2.94. The van der Waals surface area contributed by atoms with E-state index < -0.39 is 23.5 Å². The average molecular weight is 365 g/mol. The van der Waals surface area contributed by atoms with Crippen molar-refractivity contribution in [3.63, 3.8) is 0 Å². The van der Waals surface area contributed by atoms with Crippen molar-refractivity contribution in [2.24, 2.45) is 7.05 Å². The van der Waals surface area contributed by atoms with Crippen molar-refractivity contribution in [2.75, 3.05) is 0 Å². The standard InChI is InChI=1S/C12H8BrF3N2O3/c1-18-9(4-8(17-18)11(20)21)5-2-7(13)10(19)3-6(5)12(14,15)16/h2-4,19H,1H3,(H,20,21). The van der Waals surface area contributed by atoms with Crippen molar-refractivity contribution in [1.82, 2.24) is 9.78 Å². The lowest BCUT2D eigenvalue weighted by atomic mass is 10.0. The number of benzene rings is 1. The van der Waals surface area contributed by atoms with Crippen LogP contribution in [0.3, 0.4) is 0 Å². The summed E-state index contributed by atoms with van der Waals surface area (Å²) in [5, 5.41) is 21.9. The van der Waals surface area contributed by atoms with Gasteiger partial charge in [0.05, 0.1) is 15.7 Å². The van der Waals surface area contributed by atoms with Gasteiger partial charge < -0.3 is 10.2 Å². The molecule has 0 aliphatic heterocycles. The summed E-state index contributed by atoms with van der Waals surface area (Å²) in [4.78, 5) is 10.9. The molecule has 0 saturated heterocycles. The molecule has 0 atom stereocenters. The Morgan fingerprint density at radius 2 is 1.95 bits per heavy atom. The van der Waals surface area contributed by atoms with E-state index in [9.17, 15) is 23.1 Å². The van der Waals surface area contributed by atoms with Crippen molar-refractivity contribution < 1.29 is 28.2 Å². The van der Waals surface area contributed by atoms with Gasteiger partial charge in [0.15, 0.2) is 5.69 Å². The van der Waals surface area contributed by atoms with Gasteiger partial charge in [-0.1, -0.05) is 0 Å². The van der Waals surface area contributed by atoms with Gasteiger partial charge in [-0.3, -0.25) is 4.68 Å². The van der Waals surface area contributed by atoms with E-state index in [-0.39, 0.29) is 21.4 Å². The lowest BCUT2D eigenvalue weighted by Crippen LogP contribution is -2.08. The number of carboxylic acids is 1. The fraction of sp³-hybridized carbons (Fsp3) is 0.167. The maximum atomic E-state index is 13.1. The third-order valence-corrected chi connectivity index (χ3v) is 3.40. The van der Waals surface area contributed by atoms with Crippen LogP contribution in [0.4, 0.5) is 13.2 Å². The first-order chi connectivity index (χ1) is 9.61. The van der Waals surface area contributed by atoms with Crippen LogP contribution in [0.1, 0.15) is 16.1 Å². The summed E-state index contributed by atoms with van der Waals surface area (Å²) in [6.07, 6.45) is -4.71. The minimum atomic E-state index is -4.71. The Hall–Kier alpha value is -2.03. The smallest absolute Gasteiger partial charge is 0.417 e. The number of aromatic carboxylic acids is 1. The monoisotopic (exact) mass is 364 g/mol. The first-order valence-corrected chi connectivity index (χ1v) is 6.28. The van der Waals surface area contributed by atoms with E-state index in [2.05, 4.69) is 21.0 Å². The number of aryl methyl sites for hydroxylation is 1. The van der Waals surface area contributed by atoms with Crippen LogP contribution in [0.5, 0.6) is 5.75 Å². The number of nitrogens with zero attached hydrogens (tertiary/aromatic N) is 2. The zero-order valence-electron chi connectivity index (χ0n) is 10.4. The fourth-order valence-corrected chi connectivity index (χ4v) is 2.18. The van der Waals surface area contributed by atoms with Crippen LogP contribution >= 0.6 is 15.9 Å². The second-order valence-electron chi connectivity index (χ2n) is 4.19. The number of phenols is 1. The maximum Gasteiger partial charge on any atom is 0.417 e. The third-order valence-electron chi connectivity index (χ3n) is 2.77. The molecule has 0 fully saturated rings. The molecule has 2 rings (SSSR count). The van der Waals surface area contributed by atoms with Crippen molar-refractivity contribution in [2.45, 2.75) is 6.18 Å². The Labute approximate surface area is 124 Å². The molecule has 0 amide bonds. The Morgan fingerprint density at radius 1 is 1.33 bits per heavy atom. The van der Waals surface area contributed by atoms with Crippen LogP contribution in [0, 0.1) is 0 Å². The second-order valence-corrected chi connectivity index (χ2v) is 5.04. The molecule has 0 radical (unpaired) electrons. The highest BCUT2D eigenvalue weighted by Gasteiger charge is 2.35. The molecule has 1 aromatic carbocycles. The van der Waals surface area contributed by atoms with E-state index in [0.717, 1.165) is 16.8 Å². The topological polar surface area (TPSA) is 75.4 Å². The van der Waals surface area contributed by atoms with Gasteiger partial charge in [0.2, 0.25) is 0 Å². The summed E-state index contributed by atoms with van der Waals surface area (Å²) in [6, 6.07) is 2.68. The molecule has 2 aromatic rings. The van der Waals surface area contributed by atoms with Gasteiger partial charge in [0.1, 0.15) is 5.75 Å². The van der Waals surface area contributed by atoms with Crippen LogP contribution in [0.2, 0.25) is 0 Å². The third kappa shape index (κ3) is 2.87. The Bertz CT molecular complexity index is 725. The molecule has 0 unspecified atom stereocenters. The van der Waals surface area contributed by atoms with Gasteiger partial charge in [0.25, 0.3) is 0 Å². The number of rotatable bonds is 2. The Balaban J connectivity index is 2.74. The minimum Gasteiger partial charge on any atom is -0.507 e. The number of aromatic hydroxyl groups is 1. The molecule has 5 nitrogen and oxygen atoms in total. The van der Waals surface area contributed by atoms with Gasteiger partial charge in [-0.25, -0.2) is 4.79 Å². The molecule has 0 aliphatic carbocycles. The number of hydrogen-bond donors (Lipinski definition) is 2. The molecule has 0 bridgehead atoms. The number of phenolic OH excluding ortho intramolecular Hbond substituents is 1. The lowest BCUT2D eigenvalue weighted by molar-refractivity contribution is -0.137. The molecule has 1 aromatic heterocycles. The Morgan fingerprint density at radius 3 is 2.43 bits per heavy atom. The number of carboxylic acid groups (broad SMARTS) is 1. The molecule has 0 spiro atoms. The molecule has 2 N–H and O–H groups in total. The number of alkyl halides is 3. The molecular formula is C12H8BrF3N2O3. The predicted molar refractivity (Wildman–Crippen MR) is 70.0 cm³/mol. The van der Waals surface area contributed by atoms with Crippen LogP contribution in [0.15, 0.2) is 22.7 Å². The largest absolute Gasteiger partial charge is 0.507 e. The molecule has 0 aliphatic rings. The maximum absolute atomic E-state index is 13.1. The zero-order valence-corrected chi connectivity index (χ0v) is 12.0. The van der Waals surface area contributed by atoms with Gasteiger partial charge in [-0.2, -0.15) is 18.3 Å². The van der Waals surface area contributed by atoms with Gasteiger partial charge in [0, 0.05) is 12.6 Å². The first kappa shape index (κ1) is 15.4. The highest BCUT2D eigenvalue weighted by atomic mass is 79.9. The van der Waals surface area contributed by atoms with Crippen LogP contribution in [0.25, 0.3) is 11.3 Å². The summed E-state index contributed by atoms with van der Waals surface area (Å²) in [7, 11) is 1.34. The molecular weight excluding hydrogens is 357 g/mol. The molecule has 21 heavy (non-hydrogen) atoms. The van der Waals surface area contributed by atoms with E-state index in [1.807, 2.05) is 0 Å². The van der Waals surface area contributed by atoms with Crippen LogP contribution < -0.4 is 0 Å². The SMILES string of the molecule is Cn1nc(C(=O)O)cc1-c1cc(Br)c(O)cc1C(F)(F)F. The first-order valence-electron chi connectivity index (χ1n) is 5.48. The highest BCUT2D eigenvalue weighted by molar-refractivity contribution is 9.10. The van der Waals surface area contributed by atoms with Crippen molar-refractivity contribution >= 4 is 21.9 Å². The summed E-state index contributed by atoms with van der Waals surface area (Å²) in [5.74, 6) is -1.91. The number of carbonyl (C=O) groups is 1. The highest BCUT2D eigenvalue weighted by Crippen LogP contribution is 2.41. The second kappa shape index (κ2) is 5.06. The molecule has 112 valence electrons. The van der Waals surface area contributed by atoms with Crippen LogP contribution in [-0.4, -0.2) is 26.0 Å². The Kier molecular flexibility index (Phi) is 3.70. The normalized spacial score (nSPS) is 11.7. The van der Waals surface area contributed by atoms with E-state index >= 15 is 0 Å². The number of halogens is 4. The molecule has 0 saturated carbocycles. The number of aromatic nitrogens is 2. The molecule has 1 heterocycles. The number of hydrogen-bond acceptors (Lipinski definition) is 3. The summed E-state index contributed by atoms with van der Waals surface area (Å²) in [5.41, 5.74) is -1.76.